The lowest BCUT2D eigenvalue weighted by molar-refractivity contribution is -0.148. The molecule has 0 aromatic heterocycles. The van der Waals surface area contributed by atoms with Gasteiger partial charge in [0.15, 0.2) is 0 Å². The molecule has 7 nitrogen and oxygen atoms in total. The molecule has 0 saturated carbocycles. The highest BCUT2D eigenvalue weighted by molar-refractivity contribution is 6.03. The van der Waals surface area contributed by atoms with Crippen LogP contribution in [0.1, 0.15) is 12.5 Å². The topological polar surface area (TPSA) is 76.2 Å². The fourth-order valence-electron chi connectivity index (χ4n) is 2.98. The van der Waals surface area contributed by atoms with Crippen LogP contribution in [-0.2, 0) is 25.5 Å². The number of benzene rings is 1. The summed E-state index contributed by atoms with van der Waals surface area (Å²) in [5.41, 5.74) is 1.88. The summed E-state index contributed by atoms with van der Waals surface area (Å²) in [5.74, 6) is -0.797. The molecule has 1 saturated heterocycles. The predicted octanol–water partition coefficient (Wildman–Crippen LogP) is 1.43. The van der Waals surface area contributed by atoms with Gasteiger partial charge >= 0.3 is 12.1 Å². The molecule has 0 radical (unpaired) electrons. The fourth-order valence-corrected chi connectivity index (χ4v) is 2.98. The third kappa shape index (κ3) is 2.57. The molecule has 2 aliphatic rings. The Labute approximate surface area is 137 Å². The van der Waals surface area contributed by atoms with Crippen LogP contribution >= 0.6 is 0 Å². The number of anilines is 2. The number of halogens is 1. The standard InChI is InChI=1S/C16H17FN2O5/c1-9(7-17)19-12-4-3-11(5-10(12)6-14(19)20)18-8-13(15(21)23-2)24-16(18)22/h3-5,9,13H,6-8H2,1-2H3. The van der Waals surface area contributed by atoms with Crippen LogP contribution < -0.4 is 9.80 Å². The Morgan fingerprint density at radius 2 is 2.21 bits per heavy atom. The molecule has 8 heteroatoms. The van der Waals surface area contributed by atoms with Crippen molar-refractivity contribution in [3.05, 3.63) is 23.8 Å². The number of ether oxygens (including phenoxy) is 2. The highest BCUT2D eigenvalue weighted by Crippen LogP contribution is 2.35. The van der Waals surface area contributed by atoms with E-state index in [-0.39, 0.29) is 18.9 Å². The van der Waals surface area contributed by atoms with Crippen molar-refractivity contribution in [2.24, 2.45) is 0 Å². The van der Waals surface area contributed by atoms with Crippen molar-refractivity contribution in [2.75, 3.05) is 30.1 Å². The second-order valence-corrected chi connectivity index (χ2v) is 5.76. The Balaban J connectivity index is 1.86. The van der Waals surface area contributed by atoms with E-state index >= 15 is 0 Å². The monoisotopic (exact) mass is 336 g/mol. The van der Waals surface area contributed by atoms with E-state index in [1.54, 1.807) is 25.1 Å². The summed E-state index contributed by atoms with van der Waals surface area (Å²) in [6.07, 6.45) is -1.47. The van der Waals surface area contributed by atoms with Crippen LogP contribution in [0.2, 0.25) is 0 Å². The van der Waals surface area contributed by atoms with E-state index in [2.05, 4.69) is 4.74 Å². The molecule has 24 heavy (non-hydrogen) atoms. The summed E-state index contributed by atoms with van der Waals surface area (Å²) in [6.45, 7) is 1.05. The maximum absolute atomic E-state index is 12.9. The average Bonchev–Trinajstić information content (AvgIpc) is 3.12. The smallest absolute Gasteiger partial charge is 0.415 e. The number of hydrogen-bond donors (Lipinski definition) is 0. The van der Waals surface area contributed by atoms with Crippen LogP contribution in [0, 0.1) is 0 Å². The zero-order valence-electron chi connectivity index (χ0n) is 13.3. The van der Waals surface area contributed by atoms with Gasteiger partial charge < -0.3 is 14.4 Å². The van der Waals surface area contributed by atoms with Crippen molar-refractivity contribution in [3.63, 3.8) is 0 Å². The SMILES string of the molecule is COC(=O)C1CN(c2ccc3c(c2)CC(=O)N3C(C)CF)C(=O)O1. The zero-order chi connectivity index (χ0) is 17.4. The third-order valence-electron chi connectivity index (χ3n) is 4.18. The number of nitrogens with zero attached hydrogens (tertiary/aromatic N) is 2. The average molecular weight is 336 g/mol. The van der Waals surface area contributed by atoms with Crippen molar-refractivity contribution in [2.45, 2.75) is 25.5 Å². The highest BCUT2D eigenvalue weighted by atomic mass is 19.1. The lowest BCUT2D eigenvalue weighted by Gasteiger charge is -2.23. The summed E-state index contributed by atoms with van der Waals surface area (Å²) in [6, 6.07) is 4.49. The predicted molar refractivity (Wildman–Crippen MR) is 82.7 cm³/mol. The zero-order valence-corrected chi connectivity index (χ0v) is 13.3. The minimum absolute atomic E-state index is 0.0445. The quantitative estimate of drug-likeness (QED) is 0.778. The first kappa shape index (κ1) is 16.2. The Bertz CT molecular complexity index is 708. The summed E-state index contributed by atoms with van der Waals surface area (Å²) in [7, 11) is 1.22. The molecule has 2 unspecified atom stereocenters. The molecule has 1 aromatic rings. The van der Waals surface area contributed by atoms with Gasteiger partial charge in [0.2, 0.25) is 12.0 Å². The molecule has 0 spiro atoms. The first-order valence-electron chi connectivity index (χ1n) is 7.53. The van der Waals surface area contributed by atoms with Gasteiger partial charge in [0.05, 0.1) is 26.1 Å². The van der Waals surface area contributed by atoms with E-state index in [9.17, 15) is 18.8 Å². The lowest BCUT2D eigenvalue weighted by atomic mass is 10.1. The first-order chi connectivity index (χ1) is 11.5. The molecular weight excluding hydrogens is 319 g/mol. The number of rotatable bonds is 4. The van der Waals surface area contributed by atoms with E-state index in [1.807, 2.05) is 0 Å². The van der Waals surface area contributed by atoms with Gasteiger partial charge in [-0.3, -0.25) is 9.69 Å². The summed E-state index contributed by atoms with van der Waals surface area (Å²) in [4.78, 5) is 38.3. The Morgan fingerprint density at radius 3 is 2.88 bits per heavy atom. The van der Waals surface area contributed by atoms with E-state index in [0.29, 0.717) is 16.9 Å². The van der Waals surface area contributed by atoms with E-state index in [1.165, 1.54) is 16.9 Å². The number of hydrogen-bond acceptors (Lipinski definition) is 5. The van der Waals surface area contributed by atoms with Crippen molar-refractivity contribution < 1.29 is 28.2 Å². The molecule has 2 amide bonds. The molecule has 3 rings (SSSR count). The number of fused-ring (bicyclic) bond motifs is 1. The van der Waals surface area contributed by atoms with Crippen molar-refractivity contribution in [1.82, 2.24) is 0 Å². The number of methoxy groups -OCH3 is 1. The van der Waals surface area contributed by atoms with Crippen LogP contribution in [-0.4, -0.2) is 50.4 Å². The molecule has 1 aromatic carbocycles. The van der Waals surface area contributed by atoms with Crippen LogP contribution in [0.4, 0.5) is 20.6 Å². The third-order valence-corrected chi connectivity index (χ3v) is 4.18. The number of alkyl halides is 1. The van der Waals surface area contributed by atoms with Crippen molar-refractivity contribution in [3.8, 4) is 0 Å². The van der Waals surface area contributed by atoms with Gasteiger partial charge in [0.1, 0.15) is 6.67 Å². The largest absolute Gasteiger partial charge is 0.466 e. The van der Waals surface area contributed by atoms with Gasteiger partial charge in [-0.05, 0) is 30.7 Å². The van der Waals surface area contributed by atoms with E-state index in [4.69, 9.17) is 4.74 Å². The second-order valence-electron chi connectivity index (χ2n) is 5.76. The minimum atomic E-state index is -0.972. The summed E-state index contributed by atoms with van der Waals surface area (Å²) in [5, 5.41) is 0. The van der Waals surface area contributed by atoms with Crippen molar-refractivity contribution >= 4 is 29.3 Å². The van der Waals surface area contributed by atoms with E-state index in [0.717, 1.165) is 0 Å². The number of carbonyl (C=O) groups is 3. The van der Waals surface area contributed by atoms with Crippen LogP contribution in [0.15, 0.2) is 18.2 Å². The molecule has 0 bridgehead atoms. The highest BCUT2D eigenvalue weighted by Gasteiger charge is 2.39. The van der Waals surface area contributed by atoms with Gasteiger partial charge in [-0.1, -0.05) is 0 Å². The Kier molecular flexibility index (Phi) is 4.13. The van der Waals surface area contributed by atoms with Gasteiger partial charge in [-0.25, -0.2) is 14.0 Å². The number of amides is 2. The fraction of sp³-hybridized carbons (Fsp3) is 0.438. The molecule has 2 atom stereocenters. The number of esters is 1. The maximum Gasteiger partial charge on any atom is 0.415 e. The number of carbonyl (C=O) groups excluding carboxylic acids is 3. The molecule has 2 heterocycles. The molecule has 2 aliphatic heterocycles. The molecule has 0 aliphatic carbocycles. The summed E-state index contributed by atoms with van der Waals surface area (Å²) >= 11 is 0. The molecule has 1 fully saturated rings. The second kappa shape index (κ2) is 6.10. The van der Waals surface area contributed by atoms with Gasteiger partial charge in [-0.15, -0.1) is 0 Å². The van der Waals surface area contributed by atoms with Gasteiger partial charge in [0.25, 0.3) is 0 Å². The van der Waals surface area contributed by atoms with Gasteiger partial charge in [-0.2, -0.15) is 0 Å². The van der Waals surface area contributed by atoms with E-state index < -0.39 is 30.9 Å². The first-order valence-corrected chi connectivity index (χ1v) is 7.53. The van der Waals surface area contributed by atoms with Crippen LogP contribution in [0.5, 0.6) is 0 Å². The van der Waals surface area contributed by atoms with Crippen LogP contribution in [0.25, 0.3) is 0 Å². The van der Waals surface area contributed by atoms with Crippen molar-refractivity contribution in [1.29, 1.82) is 0 Å². The normalized spacial score (nSPS) is 20.9. The van der Waals surface area contributed by atoms with Gasteiger partial charge in [0, 0.05) is 11.4 Å². The van der Waals surface area contributed by atoms with Crippen LogP contribution in [0.3, 0.4) is 0 Å². The maximum atomic E-state index is 12.9. The Morgan fingerprint density at radius 1 is 1.46 bits per heavy atom. The minimum Gasteiger partial charge on any atom is -0.466 e. The molecule has 128 valence electrons. The molecule has 0 N–H and O–H groups in total. The molecular formula is C16H17FN2O5. The Hall–Kier alpha value is -2.64. The lowest BCUT2D eigenvalue weighted by Crippen LogP contribution is -2.37. The number of cyclic esters (lactones) is 1. The summed E-state index contributed by atoms with van der Waals surface area (Å²) < 4.78 is 22.5.